The Balaban J connectivity index is 1.49. The van der Waals surface area contributed by atoms with Crippen molar-refractivity contribution in [1.29, 1.82) is 0 Å². The number of aromatic nitrogens is 2. The lowest BCUT2D eigenvalue weighted by atomic mass is 10.1. The molecule has 0 bridgehead atoms. The van der Waals surface area contributed by atoms with Crippen LogP contribution in [0.2, 0.25) is 0 Å². The first-order valence-corrected chi connectivity index (χ1v) is 11.7. The molecule has 2 aromatic heterocycles. The Bertz CT molecular complexity index is 1420. The number of rotatable bonds is 4. The van der Waals surface area contributed by atoms with E-state index >= 15 is 0 Å². The number of ether oxygens (including phenoxy) is 2. The summed E-state index contributed by atoms with van der Waals surface area (Å²) in [5, 5.41) is 12.6. The monoisotopic (exact) mass is 500 g/mol. The summed E-state index contributed by atoms with van der Waals surface area (Å²) < 4.78 is 11.7. The third-order valence-corrected chi connectivity index (χ3v) is 5.54. The summed E-state index contributed by atoms with van der Waals surface area (Å²) >= 11 is 0. The highest BCUT2D eigenvalue weighted by atomic mass is 16.5. The lowest BCUT2D eigenvalue weighted by Crippen LogP contribution is -2.49. The van der Waals surface area contributed by atoms with Gasteiger partial charge < -0.3 is 24.8 Å². The van der Waals surface area contributed by atoms with Crippen LogP contribution in [-0.4, -0.2) is 52.2 Å². The van der Waals surface area contributed by atoms with Crippen molar-refractivity contribution in [3.05, 3.63) is 71.3 Å². The predicted octanol–water partition coefficient (Wildman–Crippen LogP) is 3.16. The van der Waals surface area contributed by atoms with Gasteiger partial charge in [-0.3, -0.25) is 19.6 Å². The van der Waals surface area contributed by atoms with Crippen LogP contribution in [0.5, 0.6) is 17.2 Å². The molecule has 190 valence electrons. The van der Waals surface area contributed by atoms with E-state index in [9.17, 15) is 14.7 Å². The molecule has 3 aromatic rings. The van der Waals surface area contributed by atoms with Crippen LogP contribution in [0.3, 0.4) is 0 Å². The molecule has 4 rings (SSSR count). The Morgan fingerprint density at radius 2 is 2.00 bits per heavy atom. The van der Waals surface area contributed by atoms with E-state index in [1.54, 1.807) is 45.2 Å². The number of hydrogen-bond acceptors (Lipinski definition) is 7. The van der Waals surface area contributed by atoms with Crippen LogP contribution in [-0.2, 0) is 4.79 Å². The van der Waals surface area contributed by atoms with E-state index in [2.05, 4.69) is 27.1 Å². The first-order chi connectivity index (χ1) is 17.5. The molecule has 0 radical (unpaired) electrons. The van der Waals surface area contributed by atoms with Crippen molar-refractivity contribution in [2.75, 3.05) is 18.6 Å². The molecule has 2 amide bonds. The van der Waals surface area contributed by atoms with E-state index < -0.39 is 17.6 Å². The van der Waals surface area contributed by atoms with Gasteiger partial charge in [0.05, 0.1) is 11.4 Å². The number of likely N-dealkylation sites (N-methyl/N-ethyl adjacent to an activating group) is 1. The van der Waals surface area contributed by atoms with Crippen molar-refractivity contribution in [2.24, 2.45) is 0 Å². The van der Waals surface area contributed by atoms with Crippen LogP contribution in [0.4, 0.5) is 5.69 Å². The van der Waals surface area contributed by atoms with Crippen molar-refractivity contribution in [3.8, 4) is 29.1 Å². The second-order valence-corrected chi connectivity index (χ2v) is 9.24. The maximum Gasteiger partial charge on any atom is 0.270 e. The molecule has 0 spiro atoms. The zero-order valence-corrected chi connectivity index (χ0v) is 21.3. The average molecular weight is 501 g/mol. The van der Waals surface area contributed by atoms with Crippen molar-refractivity contribution in [3.63, 3.8) is 0 Å². The molecular formula is C28H28N4O5. The lowest BCUT2D eigenvalue weighted by Gasteiger charge is -2.20. The Labute approximate surface area is 215 Å². The highest BCUT2D eigenvalue weighted by molar-refractivity contribution is 6.03. The second-order valence-electron chi connectivity index (χ2n) is 9.24. The van der Waals surface area contributed by atoms with E-state index in [0.29, 0.717) is 28.5 Å². The molecule has 0 aliphatic carbocycles. The summed E-state index contributed by atoms with van der Waals surface area (Å²) in [5.41, 5.74) is 1.68. The first-order valence-electron chi connectivity index (χ1n) is 11.7. The van der Waals surface area contributed by atoms with Gasteiger partial charge in [-0.25, -0.2) is 0 Å². The van der Waals surface area contributed by atoms with Crippen LogP contribution >= 0.6 is 0 Å². The number of nitrogens with one attached hydrogen (secondary N) is 1. The summed E-state index contributed by atoms with van der Waals surface area (Å²) in [6, 6.07) is 11.0. The summed E-state index contributed by atoms with van der Waals surface area (Å²) in [6.45, 7) is 6.86. The third kappa shape index (κ3) is 6.23. The maximum atomic E-state index is 13.2. The van der Waals surface area contributed by atoms with Gasteiger partial charge in [0.25, 0.3) is 11.8 Å². The van der Waals surface area contributed by atoms with E-state index in [-0.39, 0.29) is 18.2 Å². The minimum atomic E-state index is -1.15. The molecule has 1 aromatic carbocycles. The van der Waals surface area contributed by atoms with Crippen molar-refractivity contribution >= 4 is 17.5 Å². The Hall–Kier alpha value is -4.42. The number of anilines is 1. The van der Waals surface area contributed by atoms with Gasteiger partial charge in [0.1, 0.15) is 41.2 Å². The number of aliphatic hydroxyl groups is 1. The molecule has 9 nitrogen and oxygen atoms in total. The molecule has 0 fully saturated rings. The number of carbonyl (C=O) groups excluding carboxylic acids is 2. The first kappa shape index (κ1) is 25.7. The quantitative estimate of drug-likeness (QED) is 0.529. The van der Waals surface area contributed by atoms with Gasteiger partial charge in [-0.15, -0.1) is 0 Å². The number of nitrogens with zero attached hydrogens (tertiary/aromatic N) is 3. The number of fused-ring (bicyclic) bond motifs is 1. The van der Waals surface area contributed by atoms with Gasteiger partial charge >= 0.3 is 0 Å². The summed E-state index contributed by atoms with van der Waals surface area (Å²) in [5.74, 6) is 6.22. The van der Waals surface area contributed by atoms with E-state index in [4.69, 9.17) is 9.47 Å². The summed E-state index contributed by atoms with van der Waals surface area (Å²) in [6.07, 6.45) is 1.46. The van der Waals surface area contributed by atoms with Gasteiger partial charge in [-0.2, -0.15) is 0 Å². The molecule has 1 aliphatic heterocycles. The van der Waals surface area contributed by atoms with Crippen LogP contribution in [0.25, 0.3) is 0 Å². The molecule has 37 heavy (non-hydrogen) atoms. The van der Waals surface area contributed by atoms with Crippen LogP contribution < -0.4 is 19.7 Å². The summed E-state index contributed by atoms with van der Waals surface area (Å²) in [4.78, 5) is 36.1. The number of hydrogen-bond donors (Lipinski definition) is 2. The van der Waals surface area contributed by atoms with E-state index in [0.717, 1.165) is 11.4 Å². The smallest absolute Gasteiger partial charge is 0.270 e. The molecule has 0 saturated carbocycles. The molecule has 1 aliphatic rings. The van der Waals surface area contributed by atoms with Gasteiger partial charge in [0.15, 0.2) is 0 Å². The molecule has 0 unspecified atom stereocenters. The van der Waals surface area contributed by atoms with Gasteiger partial charge in [-0.1, -0.05) is 11.8 Å². The average Bonchev–Trinajstić information content (AvgIpc) is 2.96. The number of pyridine rings is 2. The zero-order valence-electron chi connectivity index (χ0n) is 21.3. The standard InChI is InChI=1S/C28H28N4O5/c1-17-6-8-24(18(2)30-17)37-20-11-13-29-21(15-20)26(33)31-22-16-36-25-9-7-19(10-12-28(3,4)35)14-23(25)32(5)27(22)34/h6-9,11,13-15,22,35H,16H2,1-5H3,(H,31,33)/t22-/m0/s1. The summed E-state index contributed by atoms with van der Waals surface area (Å²) in [7, 11) is 1.60. The van der Waals surface area contributed by atoms with Crippen molar-refractivity contribution in [2.45, 2.75) is 39.3 Å². The van der Waals surface area contributed by atoms with Crippen LogP contribution in [0.1, 0.15) is 41.3 Å². The number of carbonyl (C=O) groups is 2. The van der Waals surface area contributed by atoms with Gasteiger partial charge in [0.2, 0.25) is 0 Å². The maximum absolute atomic E-state index is 13.2. The molecular weight excluding hydrogens is 472 g/mol. The fourth-order valence-electron chi connectivity index (χ4n) is 3.64. The lowest BCUT2D eigenvalue weighted by molar-refractivity contribution is -0.120. The molecule has 0 saturated heterocycles. The van der Waals surface area contributed by atoms with Crippen LogP contribution in [0.15, 0.2) is 48.7 Å². The fraction of sp³-hybridized carbons (Fsp3) is 0.286. The van der Waals surface area contributed by atoms with Crippen molar-refractivity contribution < 1.29 is 24.2 Å². The fourth-order valence-corrected chi connectivity index (χ4v) is 3.64. The highest BCUT2D eigenvalue weighted by Gasteiger charge is 2.31. The number of aryl methyl sites for hydroxylation is 2. The molecule has 2 N–H and O–H groups in total. The van der Waals surface area contributed by atoms with Crippen molar-refractivity contribution in [1.82, 2.24) is 15.3 Å². The molecule has 3 heterocycles. The Kier molecular flexibility index (Phi) is 7.14. The largest absolute Gasteiger partial charge is 0.489 e. The topological polar surface area (TPSA) is 114 Å². The normalized spacial score (nSPS) is 15.0. The number of benzene rings is 1. The minimum Gasteiger partial charge on any atom is -0.489 e. The van der Waals surface area contributed by atoms with Crippen LogP contribution in [0, 0.1) is 25.7 Å². The van der Waals surface area contributed by atoms with E-state index in [1.807, 2.05) is 26.0 Å². The van der Waals surface area contributed by atoms with Gasteiger partial charge in [-0.05, 0) is 64.1 Å². The second kappa shape index (κ2) is 10.3. The predicted molar refractivity (Wildman–Crippen MR) is 138 cm³/mol. The van der Waals surface area contributed by atoms with E-state index in [1.165, 1.54) is 17.2 Å². The molecule has 1 atom stereocenters. The zero-order chi connectivity index (χ0) is 26.7. The molecule has 9 heteroatoms. The van der Waals surface area contributed by atoms with Gasteiger partial charge in [0, 0.05) is 30.6 Å². The Morgan fingerprint density at radius 3 is 2.73 bits per heavy atom. The minimum absolute atomic E-state index is 0.0545. The Morgan fingerprint density at radius 1 is 1.22 bits per heavy atom. The third-order valence-electron chi connectivity index (χ3n) is 5.54. The highest BCUT2D eigenvalue weighted by Crippen LogP contribution is 2.31. The number of amides is 2. The SMILES string of the molecule is Cc1ccc(Oc2ccnc(C(=O)N[C@H]3COc4ccc(C#CC(C)(C)O)cc4N(C)C3=O)c2)c(C)n1.